The second-order valence-corrected chi connectivity index (χ2v) is 5.21. The molecule has 1 aromatic carbocycles. The van der Waals surface area contributed by atoms with Crippen molar-refractivity contribution in [2.75, 3.05) is 6.61 Å². The van der Waals surface area contributed by atoms with E-state index in [9.17, 15) is 5.11 Å². The highest BCUT2D eigenvalue weighted by Gasteiger charge is 2.08. The van der Waals surface area contributed by atoms with Crippen molar-refractivity contribution in [2.45, 2.75) is 38.9 Å². The number of aliphatic hydroxyl groups is 1. The van der Waals surface area contributed by atoms with E-state index in [0.29, 0.717) is 0 Å². The molecular weight excluding hydrogens is 248 g/mol. The van der Waals surface area contributed by atoms with Gasteiger partial charge in [-0.1, -0.05) is 37.3 Å². The van der Waals surface area contributed by atoms with Crippen molar-refractivity contribution in [2.24, 2.45) is 0 Å². The van der Waals surface area contributed by atoms with Crippen LogP contribution < -0.4 is 5.32 Å². The summed E-state index contributed by atoms with van der Waals surface area (Å²) < 4.78 is 2.21. The fraction of sp³-hybridized carbons (Fsp3) is 0.412. The van der Waals surface area contributed by atoms with Gasteiger partial charge in [-0.2, -0.15) is 0 Å². The molecule has 0 saturated heterocycles. The number of aromatic nitrogens is 1. The van der Waals surface area contributed by atoms with E-state index in [2.05, 4.69) is 47.4 Å². The molecule has 108 valence electrons. The zero-order valence-corrected chi connectivity index (χ0v) is 12.1. The maximum atomic E-state index is 9.49. The Labute approximate surface area is 121 Å². The van der Waals surface area contributed by atoms with Crippen LogP contribution >= 0.6 is 0 Å². The lowest BCUT2D eigenvalue weighted by molar-refractivity contribution is 0.241. The predicted molar refractivity (Wildman–Crippen MR) is 82.6 cm³/mol. The van der Waals surface area contributed by atoms with Crippen LogP contribution in [0, 0.1) is 0 Å². The summed E-state index contributed by atoms with van der Waals surface area (Å²) in [5.74, 6) is 0. The molecular formula is C17H24N2O. The normalized spacial score (nSPS) is 12.5. The Morgan fingerprint density at radius 1 is 1.15 bits per heavy atom. The van der Waals surface area contributed by atoms with Crippen molar-refractivity contribution < 1.29 is 5.11 Å². The van der Waals surface area contributed by atoms with Crippen LogP contribution in [0.4, 0.5) is 0 Å². The third-order valence-corrected chi connectivity index (χ3v) is 3.43. The molecule has 3 heteroatoms. The Morgan fingerprint density at radius 3 is 2.65 bits per heavy atom. The summed E-state index contributed by atoms with van der Waals surface area (Å²) in [6.07, 6.45) is 6.29. The summed E-state index contributed by atoms with van der Waals surface area (Å²) in [7, 11) is 0. The predicted octanol–water partition coefficient (Wildman–Crippen LogP) is 2.59. The molecule has 0 spiro atoms. The lowest BCUT2D eigenvalue weighted by atomic mass is 10.1. The molecule has 2 rings (SSSR count). The van der Waals surface area contributed by atoms with Gasteiger partial charge in [-0.3, -0.25) is 0 Å². The average molecular weight is 272 g/mol. The van der Waals surface area contributed by atoms with Gasteiger partial charge >= 0.3 is 0 Å². The van der Waals surface area contributed by atoms with Gasteiger partial charge in [0.15, 0.2) is 0 Å². The Morgan fingerprint density at radius 2 is 1.95 bits per heavy atom. The smallest absolute Gasteiger partial charge is 0.0587 e. The average Bonchev–Trinajstić information content (AvgIpc) is 2.92. The molecule has 0 saturated carbocycles. The van der Waals surface area contributed by atoms with E-state index in [1.165, 1.54) is 11.1 Å². The SMILES string of the molecule is CCCn1ccc(CN[C@@H](CO)Cc2ccccc2)c1. The number of hydrogen-bond acceptors (Lipinski definition) is 2. The quantitative estimate of drug-likeness (QED) is 0.775. The van der Waals surface area contributed by atoms with Crippen LogP contribution in [0.5, 0.6) is 0 Å². The summed E-state index contributed by atoms with van der Waals surface area (Å²) in [6, 6.07) is 12.5. The van der Waals surface area contributed by atoms with Crippen molar-refractivity contribution >= 4 is 0 Å². The van der Waals surface area contributed by atoms with Gasteiger partial charge in [0.05, 0.1) is 6.61 Å². The van der Waals surface area contributed by atoms with Crippen LogP contribution in [0.3, 0.4) is 0 Å². The minimum absolute atomic E-state index is 0.104. The summed E-state index contributed by atoms with van der Waals surface area (Å²) >= 11 is 0. The zero-order valence-electron chi connectivity index (χ0n) is 12.1. The van der Waals surface area contributed by atoms with Crippen LogP contribution in [0.15, 0.2) is 48.8 Å². The number of hydrogen-bond donors (Lipinski definition) is 2. The number of nitrogens with one attached hydrogen (secondary N) is 1. The van der Waals surface area contributed by atoms with Crippen LogP contribution in [-0.4, -0.2) is 22.3 Å². The lowest BCUT2D eigenvalue weighted by Gasteiger charge is -2.16. The van der Waals surface area contributed by atoms with Crippen molar-refractivity contribution in [1.29, 1.82) is 0 Å². The third-order valence-electron chi connectivity index (χ3n) is 3.43. The standard InChI is InChI=1S/C17H24N2O/c1-2-9-19-10-8-16(13-19)12-18-17(14-20)11-15-6-4-3-5-7-15/h3-8,10,13,17-18,20H,2,9,11-12,14H2,1H3/t17-/m1/s1. The molecule has 0 fully saturated rings. The molecule has 0 aliphatic heterocycles. The van der Waals surface area contributed by atoms with Gasteiger partial charge in [0.2, 0.25) is 0 Å². The van der Waals surface area contributed by atoms with Crippen molar-refractivity contribution in [3.8, 4) is 0 Å². The molecule has 20 heavy (non-hydrogen) atoms. The van der Waals surface area contributed by atoms with Gasteiger partial charge < -0.3 is 15.0 Å². The fourth-order valence-electron chi connectivity index (χ4n) is 2.35. The van der Waals surface area contributed by atoms with E-state index in [1.54, 1.807) is 0 Å². The lowest BCUT2D eigenvalue weighted by Crippen LogP contribution is -2.33. The molecule has 0 unspecified atom stereocenters. The molecule has 0 radical (unpaired) electrons. The summed E-state index contributed by atoms with van der Waals surface area (Å²) in [4.78, 5) is 0. The van der Waals surface area contributed by atoms with E-state index >= 15 is 0 Å². The number of benzene rings is 1. The molecule has 0 amide bonds. The first-order valence-corrected chi connectivity index (χ1v) is 7.34. The first kappa shape index (κ1) is 14.8. The molecule has 1 aromatic heterocycles. The van der Waals surface area contributed by atoms with E-state index in [1.807, 2.05) is 18.2 Å². The summed E-state index contributed by atoms with van der Waals surface area (Å²) in [5, 5.41) is 12.9. The van der Waals surface area contributed by atoms with E-state index in [4.69, 9.17) is 0 Å². The van der Waals surface area contributed by atoms with Gasteiger partial charge in [0.25, 0.3) is 0 Å². The zero-order chi connectivity index (χ0) is 14.2. The minimum Gasteiger partial charge on any atom is -0.395 e. The van der Waals surface area contributed by atoms with Crippen LogP contribution in [0.25, 0.3) is 0 Å². The van der Waals surface area contributed by atoms with Crippen LogP contribution in [0.2, 0.25) is 0 Å². The van der Waals surface area contributed by atoms with E-state index in [0.717, 1.165) is 25.9 Å². The van der Waals surface area contributed by atoms with Crippen LogP contribution in [-0.2, 0) is 19.5 Å². The van der Waals surface area contributed by atoms with Crippen molar-refractivity contribution in [3.63, 3.8) is 0 Å². The van der Waals surface area contributed by atoms with Gasteiger partial charge in [-0.25, -0.2) is 0 Å². The van der Waals surface area contributed by atoms with E-state index in [-0.39, 0.29) is 12.6 Å². The highest BCUT2D eigenvalue weighted by molar-refractivity contribution is 5.16. The number of rotatable bonds is 8. The Bertz CT molecular complexity index is 493. The maximum Gasteiger partial charge on any atom is 0.0587 e. The largest absolute Gasteiger partial charge is 0.395 e. The first-order valence-electron chi connectivity index (χ1n) is 7.34. The molecule has 2 aromatic rings. The van der Waals surface area contributed by atoms with Crippen LogP contribution in [0.1, 0.15) is 24.5 Å². The molecule has 1 atom stereocenters. The monoisotopic (exact) mass is 272 g/mol. The Hall–Kier alpha value is -1.58. The molecule has 0 bridgehead atoms. The molecule has 2 N–H and O–H groups in total. The Balaban J connectivity index is 1.83. The minimum atomic E-state index is 0.104. The number of aryl methyl sites for hydroxylation is 1. The summed E-state index contributed by atoms with van der Waals surface area (Å²) in [5.41, 5.74) is 2.52. The van der Waals surface area contributed by atoms with E-state index < -0.39 is 0 Å². The van der Waals surface area contributed by atoms with Gasteiger partial charge in [-0.05, 0) is 30.0 Å². The van der Waals surface area contributed by atoms with Gasteiger partial charge in [0.1, 0.15) is 0 Å². The topological polar surface area (TPSA) is 37.2 Å². The molecule has 0 aliphatic rings. The van der Waals surface area contributed by atoms with Crippen molar-refractivity contribution in [1.82, 2.24) is 9.88 Å². The second kappa shape index (κ2) is 7.88. The highest BCUT2D eigenvalue weighted by atomic mass is 16.3. The number of aliphatic hydroxyl groups excluding tert-OH is 1. The van der Waals surface area contributed by atoms with Crippen molar-refractivity contribution in [3.05, 3.63) is 59.9 Å². The maximum absolute atomic E-state index is 9.49. The highest BCUT2D eigenvalue weighted by Crippen LogP contribution is 2.06. The summed E-state index contributed by atoms with van der Waals surface area (Å²) in [6.45, 7) is 4.20. The fourth-order valence-corrected chi connectivity index (χ4v) is 2.35. The van der Waals surface area contributed by atoms with Gasteiger partial charge in [0, 0.05) is 31.5 Å². The Kier molecular flexibility index (Phi) is 5.84. The molecule has 3 nitrogen and oxygen atoms in total. The first-order chi connectivity index (χ1) is 9.81. The molecule has 1 heterocycles. The molecule has 0 aliphatic carbocycles. The second-order valence-electron chi connectivity index (χ2n) is 5.21. The third kappa shape index (κ3) is 4.51. The number of nitrogens with zero attached hydrogens (tertiary/aromatic N) is 1. The van der Waals surface area contributed by atoms with Gasteiger partial charge in [-0.15, -0.1) is 0 Å².